The molecule has 1 N–H and O–H groups in total. The van der Waals surface area contributed by atoms with Gasteiger partial charge in [-0.1, -0.05) is 0 Å². The van der Waals surface area contributed by atoms with E-state index in [1.54, 1.807) is 0 Å². The zero-order chi connectivity index (χ0) is 10.8. The molecule has 14 heavy (non-hydrogen) atoms. The summed E-state index contributed by atoms with van der Waals surface area (Å²) < 4.78 is 4.71. The number of ether oxygens (including phenoxy) is 1. The molecule has 0 aromatic heterocycles. The fourth-order valence-electron chi connectivity index (χ4n) is 1.41. The van der Waals surface area contributed by atoms with E-state index in [1.165, 1.54) is 18.7 Å². The third kappa shape index (κ3) is 2.45. The Kier molecular flexibility index (Phi) is 3.10. The summed E-state index contributed by atoms with van der Waals surface area (Å²) in [5, 5.41) is 9.54. The summed E-state index contributed by atoms with van der Waals surface area (Å²) in [5.41, 5.74) is -1.24. The van der Waals surface area contributed by atoms with Crippen LogP contribution in [0, 0.1) is 0 Å². The van der Waals surface area contributed by atoms with Crippen LogP contribution in [0.2, 0.25) is 0 Å². The van der Waals surface area contributed by atoms with Gasteiger partial charge in [-0.3, -0.25) is 9.59 Å². The lowest BCUT2D eigenvalue weighted by Gasteiger charge is -2.18. The van der Waals surface area contributed by atoms with Gasteiger partial charge in [0.25, 0.3) is 5.91 Å². The molecule has 1 atom stereocenters. The summed E-state index contributed by atoms with van der Waals surface area (Å²) in [6.07, 6.45) is 0.436. The number of carbonyl (C=O) groups excluding carboxylic acids is 2. The van der Waals surface area contributed by atoms with E-state index in [0.717, 1.165) is 0 Å². The summed E-state index contributed by atoms with van der Waals surface area (Å²) in [7, 11) is 0. The van der Waals surface area contributed by atoms with Crippen LogP contribution in [0.4, 0.5) is 0 Å². The first-order valence-corrected chi connectivity index (χ1v) is 4.58. The lowest BCUT2D eigenvalue weighted by molar-refractivity contribution is -0.146. The quantitative estimate of drug-likeness (QED) is 0.627. The molecule has 1 aliphatic heterocycles. The highest BCUT2D eigenvalue weighted by molar-refractivity contribution is 5.86. The van der Waals surface area contributed by atoms with E-state index in [9.17, 15) is 14.7 Å². The van der Waals surface area contributed by atoms with Crippen LogP contribution >= 0.6 is 0 Å². The molecular weight excluding hydrogens is 186 g/mol. The standard InChI is InChI=1S/C9H15NO4/c1-7(11)14-6-5-10-4-3-9(2,13)8(10)12/h13H,3-6H2,1-2H3. The van der Waals surface area contributed by atoms with Crippen molar-refractivity contribution in [3.63, 3.8) is 0 Å². The van der Waals surface area contributed by atoms with Gasteiger partial charge in [-0.2, -0.15) is 0 Å². The summed E-state index contributed by atoms with van der Waals surface area (Å²) in [4.78, 5) is 23.4. The van der Waals surface area contributed by atoms with Gasteiger partial charge in [-0.05, 0) is 6.92 Å². The van der Waals surface area contributed by atoms with Crippen LogP contribution < -0.4 is 0 Å². The van der Waals surface area contributed by atoms with Crippen molar-refractivity contribution in [3.8, 4) is 0 Å². The second-order valence-electron chi connectivity index (χ2n) is 3.66. The Morgan fingerprint density at radius 2 is 2.36 bits per heavy atom. The van der Waals surface area contributed by atoms with E-state index in [2.05, 4.69) is 0 Å². The molecule has 80 valence electrons. The predicted octanol–water partition coefficient (Wildman–Crippen LogP) is -0.467. The number of rotatable bonds is 3. The molecule has 1 aliphatic rings. The Hall–Kier alpha value is -1.10. The lowest BCUT2D eigenvalue weighted by atomic mass is 10.1. The van der Waals surface area contributed by atoms with Crippen LogP contribution in [0.15, 0.2) is 0 Å². The number of hydrogen-bond donors (Lipinski definition) is 1. The second kappa shape index (κ2) is 3.96. The van der Waals surface area contributed by atoms with Gasteiger partial charge in [0.15, 0.2) is 0 Å². The van der Waals surface area contributed by atoms with Crippen LogP contribution in [-0.2, 0) is 14.3 Å². The first-order valence-electron chi connectivity index (χ1n) is 4.58. The van der Waals surface area contributed by atoms with Gasteiger partial charge in [0.1, 0.15) is 12.2 Å². The van der Waals surface area contributed by atoms with Gasteiger partial charge in [-0.15, -0.1) is 0 Å². The van der Waals surface area contributed by atoms with Gasteiger partial charge >= 0.3 is 5.97 Å². The van der Waals surface area contributed by atoms with Crippen LogP contribution in [0.1, 0.15) is 20.3 Å². The summed E-state index contributed by atoms with van der Waals surface area (Å²) in [6.45, 7) is 3.89. The van der Waals surface area contributed by atoms with E-state index >= 15 is 0 Å². The molecule has 0 radical (unpaired) electrons. The molecule has 1 fully saturated rings. The van der Waals surface area contributed by atoms with Crippen LogP contribution in [0.3, 0.4) is 0 Å². The molecule has 0 saturated carbocycles. The van der Waals surface area contributed by atoms with Crippen molar-refractivity contribution in [1.82, 2.24) is 4.90 Å². The smallest absolute Gasteiger partial charge is 0.302 e. The molecule has 5 heteroatoms. The van der Waals surface area contributed by atoms with Gasteiger partial charge in [0.05, 0.1) is 6.54 Å². The Morgan fingerprint density at radius 1 is 1.71 bits per heavy atom. The summed E-state index contributed by atoms with van der Waals surface area (Å²) in [6, 6.07) is 0. The minimum Gasteiger partial charge on any atom is -0.464 e. The van der Waals surface area contributed by atoms with E-state index in [-0.39, 0.29) is 18.5 Å². The molecule has 0 aromatic rings. The average Bonchev–Trinajstić information content (AvgIpc) is 2.31. The van der Waals surface area contributed by atoms with Crippen molar-refractivity contribution in [2.45, 2.75) is 25.9 Å². The highest BCUT2D eigenvalue weighted by Crippen LogP contribution is 2.21. The molecule has 1 unspecified atom stereocenters. The number of aliphatic hydroxyl groups is 1. The predicted molar refractivity (Wildman–Crippen MR) is 48.5 cm³/mol. The SMILES string of the molecule is CC(=O)OCCN1CCC(C)(O)C1=O. The van der Waals surface area contributed by atoms with Gasteiger partial charge in [0.2, 0.25) is 0 Å². The number of amides is 1. The fraction of sp³-hybridized carbons (Fsp3) is 0.778. The molecule has 1 amide bonds. The van der Waals surface area contributed by atoms with E-state index in [0.29, 0.717) is 19.5 Å². The van der Waals surface area contributed by atoms with Crippen molar-refractivity contribution in [2.75, 3.05) is 19.7 Å². The minimum atomic E-state index is -1.24. The minimum absolute atomic E-state index is 0.192. The highest BCUT2D eigenvalue weighted by atomic mass is 16.5. The van der Waals surface area contributed by atoms with E-state index < -0.39 is 5.60 Å². The van der Waals surface area contributed by atoms with Gasteiger partial charge in [-0.25, -0.2) is 0 Å². The highest BCUT2D eigenvalue weighted by Gasteiger charge is 2.40. The molecule has 0 aliphatic carbocycles. The normalized spacial score (nSPS) is 26.8. The summed E-state index contributed by atoms with van der Waals surface area (Å²) in [5.74, 6) is -0.645. The van der Waals surface area contributed by atoms with Crippen LogP contribution in [0.5, 0.6) is 0 Å². The Labute approximate surface area is 82.6 Å². The Morgan fingerprint density at radius 3 is 2.79 bits per heavy atom. The maximum atomic E-state index is 11.4. The van der Waals surface area contributed by atoms with Crippen LogP contribution in [-0.4, -0.2) is 47.2 Å². The largest absolute Gasteiger partial charge is 0.464 e. The van der Waals surface area contributed by atoms with Crippen LogP contribution in [0.25, 0.3) is 0 Å². The number of carbonyl (C=O) groups is 2. The zero-order valence-electron chi connectivity index (χ0n) is 8.45. The molecule has 0 spiro atoms. The number of hydrogen-bond acceptors (Lipinski definition) is 4. The monoisotopic (exact) mass is 201 g/mol. The third-order valence-electron chi connectivity index (χ3n) is 2.28. The number of likely N-dealkylation sites (tertiary alicyclic amines) is 1. The molecular formula is C9H15NO4. The molecule has 1 saturated heterocycles. The number of esters is 1. The third-order valence-corrected chi connectivity index (χ3v) is 2.28. The second-order valence-corrected chi connectivity index (χ2v) is 3.66. The lowest BCUT2D eigenvalue weighted by Crippen LogP contribution is -2.38. The Bertz CT molecular complexity index is 249. The maximum Gasteiger partial charge on any atom is 0.302 e. The van der Waals surface area contributed by atoms with Crippen molar-refractivity contribution >= 4 is 11.9 Å². The van der Waals surface area contributed by atoms with Crippen molar-refractivity contribution in [3.05, 3.63) is 0 Å². The van der Waals surface area contributed by atoms with Gasteiger partial charge < -0.3 is 14.7 Å². The average molecular weight is 201 g/mol. The molecule has 1 rings (SSSR count). The topological polar surface area (TPSA) is 66.8 Å². The number of nitrogens with zero attached hydrogens (tertiary/aromatic N) is 1. The Balaban J connectivity index is 2.34. The first kappa shape index (κ1) is 11.0. The van der Waals surface area contributed by atoms with Crippen molar-refractivity contribution < 1.29 is 19.4 Å². The van der Waals surface area contributed by atoms with Crippen molar-refractivity contribution in [2.24, 2.45) is 0 Å². The fourth-order valence-corrected chi connectivity index (χ4v) is 1.41. The zero-order valence-corrected chi connectivity index (χ0v) is 8.45. The molecule has 5 nitrogen and oxygen atoms in total. The van der Waals surface area contributed by atoms with Gasteiger partial charge in [0, 0.05) is 19.9 Å². The van der Waals surface area contributed by atoms with Crippen molar-refractivity contribution in [1.29, 1.82) is 0 Å². The first-order chi connectivity index (χ1) is 6.43. The molecule has 0 bridgehead atoms. The molecule has 1 heterocycles. The maximum absolute atomic E-state index is 11.4. The van der Waals surface area contributed by atoms with E-state index in [1.807, 2.05) is 0 Å². The van der Waals surface area contributed by atoms with E-state index in [4.69, 9.17) is 4.74 Å². The molecule has 0 aromatic carbocycles. The summed E-state index contributed by atoms with van der Waals surface area (Å²) >= 11 is 0.